The van der Waals surface area contributed by atoms with Gasteiger partial charge in [-0.15, -0.1) is 0 Å². The number of aromatic nitrogens is 1. The van der Waals surface area contributed by atoms with Gasteiger partial charge in [0, 0.05) is 13.1 Å². The largest absolute Gasteiger partial charge is 0.383 e. The minimum Gasteiger partial charge on any atom is -0.383 e. The molecule has 1 atom stereocenters. The fourth-order valence-corrected chi connectivity index (χ4v) is 1.79. The Kier molecular flexibility index (Phi) is 3.23. The molecule has 1 aliphatic rings. The third-order valence-electron chi connectivity index (χ3n) is 2.64. The molecule has 5 nitrogen and oxygen atoms in total. The number of ether oxygens (including phenoxy) is 1. The molecule has 0 saturated carbocycles. The number of anilines is 1. The van der Waals surface area contributed by atoms with Gasteiger partial charge in [-0.2, -0.15) is 0 Å². The van der Waals surface area contributed by atoms with Gasteiger partial charge in [-0.1, -0.05) is 0 Å². The second kappa shape index (κ2) is 4.67. The molecule has 6 heteroatoms. The van der Waals surface area contributed by atoms with E-state index in [-0.39, 0.29) is 23.4 Å². The van der Waals surface area contributed by atoms with Crippen LogP contribution in [0.15, 0.2) is 12.3 Å². The van der Waals surface area contributed by atoms with E-state index >= 15 is 0 Å². The molecule has 17 heavy (non-hydrogen) atoms. The summed E-state index contributed by atoms with van der Waals surface area (Å²) in [6.07, 6.45) is 0.976. The van der Waals surface area contributed by atoms with E-state index in [9.17, 15) is 9.18 Å². The van der Waals surface area contributed by atoms with Crippen molar-refractivity contribution in [2.45, 2.75) is 13.0 Å². The zero-order chi connectivity index (χ0) is 12.4. The smallest absolute Gasteiger partial charge is 0.257 e. The third kappa shape index (κ3) is 2.52. The van der Waals surface area contributed by atoms with Crippen molar-refractivity contribution in [1.29, 1.82) is 0 Å². The highest BCUT2D eigenvalue weighted by Crippen LogP contribution is 2.15. The Hall–Kier alpha value is -1.69. The summed E-state index contributed by atoms with van der Waals surface area (Å²) in [5.41, 5.74) is 5.69. The van der Waals surface area contributed by atoms with Gasteiger partial charge in [0.05, 0.1) is 24.5 Å². The maximum absolute atomic E-state index is 13.0. The maximum atomic E-state index is 13.0. The van der Waals surface area contributed by atoms with Gasteiger partial charge in [0.1, 0.15) is 11.6 Å². The number of morpholine rings is 1. The van der Waals surface area contributed by atoms with Gasteiger partial charge in [-0.05, 0) is 13.0 Å². The number of hydrogen-bond acceptors (Lipinski definition) is 4. The van der Waals surface area contributed by atoms with Gasteiger partial charge < -0.3 is 15.4 Å². The molecule has 1 unspecified atom stereocenters. The predicted octanol–water partition coefficient (Wildman–Crippen LogP) is 0.664. The fraction of sp³-hybridized carbons (Fsp3) is 0.455. The first kappa shape index (κ1) is 11.8. The Balaban J connectivity index is 2.21. The lowest BCUT2D eigenvalue weighted by molar-refractivity contribution is -0.0124. The van der Waals surface area contributed by atoms with E-state index < -0.39 is 5.82 Å². The van der Waals surface area contributed by atoms with Crippen LogP contribution in [0.1, 0.15) is 17.3 Å². The Morgan fingerprint density at radius 1 is 1.71 bits per heavy atom. The highest BCUT2D eigenvalue weighted by Gasteiger charge is 2.24. The molecule has 0 aliphatic carbocycles. The normalized spacial score (nSPS) is 20.4. The molecule has 2 heterocycles. The van der Waals surface area contributed by atoms with Crippen LogP contribution in [0.2, 0.25) is 0 Å². The van der Waals surface area contributed by atoms with Crippen LogP contribution in [0.4, 0.5) is 10.2 Å². The van der Waals surface area contributed by atoms with Crippen molar-refractivity contribution in [1.82, 2.24) is 9.88 Å². The van der Waals surface area contributed by atoms with Crippen molar-refractivity contribution in [2.24, 2.45) is 0 Å². The van der Waals surface area contributed by atoms with Crippen LogP contribution < -0.4 is 5.73 Å². The van der Waals surface area contributed by atoms with Crippen molar-refractivity contribution in [3.05, 3.63) is 23.6 Å². The number of carbonyl (C=O) groups is 1. The van der Waals surface area contributed by atoms with Gasteiger partial charge in [-0.3, -0.25) is 4.79 Å². The summed E-state index contributed by atoms with van der Waals surface area (Å²) < 4.78 is 18.4. The van der Waals surface area contributed by atoms with Crippen LogP contribution in [0.3, 0.4) is 0 Å². The predicted molar refractivity (Wildman–Crippen MR) is 59.9 cm³/mol. The topological polar surface area (TPSA) is 68.5 Å². The summed E-state index contributed by atoms with van der Waals surface area (Å²) in [4.78, 5) is 17.3. The summed E-state index contributed by atoms with van der Waals surface area (Å²) in [5, 5.41) is 0. The maximum Gasteiger partial charge on any atom is 0.257 e. The van der Waals surface area contributed by atoms with E-state index in [1.54, 1.807) is 4.90 Å². The molecule has 0 radical (unpaired) electrons. The summed E-state index contributed by atoms with van der Waals surface area (Å²) in [6, 6.07) is 1.12. The van der Waals surface area contributed by atoms with E-state index in [0.717, 1.165) is 12.3 Å². The van der Waals surface area contributed by atoms with E-state index in [0.29, 0.717) is 19.7 Å². The zero-order valence-electron chi connectivity index (χ0n) is 9.52. The molecule has 1 aromatic rings. The first-order chi connectivity index (χ1) is 8.08. The lowest BCUT2D eigenvalue weighted by Gasteiger charge is -2.31. The number of rotatable bonds is 1. The van der Waals surface area contributed by atoms with Crippen molar-refractivity contribution in [3.8, 4) is 0 Å². The van der Waals surface area contributed by atoms with Crippen molar-refractivity contribution in [2.75, 3.05) is 25.4 Å². The van der Waals surface area contributed by atoms with E-state index in [1.807, 2.05) is 6.92 Å². The summed E-state index contributed by atoms with van der Waals surface area (Å²) in [6.45, 7) is 3.33. The number of pyridine rings is 1. The van der Waals surface area contributed by atoms with Crippen LogP contribution in [0, 0.1) is 5.82 Å². The molecule has 92 valence electrons. The third-order valence-corrected chi connectivity index (χ3v) is 2.64. The van der Waals surface area contributed by atoms with Crippen LogP contribution in [0.5, 0.6) is 0 Å². The number of nitrogens with two attached hydrogens (primary N) is 1. The number of nitrogens with zero attached hydrogens (tertiary/aromatic N) is 2. The molecular formula is C11H14FN3O2. The van der Waals surface area contributed by atoms with Gasteiger partial charge in [0.2, 0.25) is 0 Å². The zero-order valence-corrected chi connectivity index (χ0v) is 9.52. The number of carbonyl (C=O) groups excluding carboxylic acids is 1. The van der Waals surface area contributed by atoms with Gasteiger partial charge >= 0.3 is 0 Å². The first-order valence-corrected chi connectivity index (χ1v) is 5.40. The highest BCUT2D eigenvalue weighted by atomic mass is 19.1. The second-order valence-corrected chi connectivity index (χ2v) is 4.02. The molecule has 1 fully saturated rings. The molecule has 2 N–H and O–H groups in total. The standard InChI is InChI=1S/C11H14FN3O2/c1-7-6-15(2-3-17-7)11(16)9-4-8(12)5-14-10(9)13/h4-5,7H,2-3,6H2,1H3,(H2,13,14). The summed E-state index contributed by atoms with van der Waals surface area (Å²) >= 11 is 0. The molecule has 0 spiro atoms. The minimum absolute atomic E-state index is 0.0181. The van der Waals surface area contributed by atoms with Crippen LogP contribution >= 0.6 is 0 Å². The van der Waals surface area contributed by atoms with Gasteiger partial charge in [0.25, 0.3) is 5.91 Å². The quantitative estimate of drug-likeness (QED) is 0.781. The summed E-state index contributed by atoms with van der Waals surface area (Å²) in [7, 11) is 0. The molecule has 1 aliphatic heterocycles. The van der Waals surface area contributed by atoms with Crippen LogP contribution in [0.25, 0.3) is 0 Å². The van der Waals surface area contributed by atoms with Crippen LogP contribution in [-0.2, 0) is 4.74 Å². The average Bonchev–Trinajstić information content (AvgIpc) is 2.31. The van der Waals surface area contributed by atoms with Crippen molar-refractivity contribution >= 4 is 11.7 Å². The number of halogens is 1. The van der Waals surface area contributed by atoms with E-state index in [1.165, 1.54) is 0 Å². The molecule has 0 aromatic carbocycles. The number of amides is 1. The molecular weight excluding hydrogens is 225 g/mol. The molecule has 1 saturated heterocycles. The molecule has 1 amide bonds. The van der Waals surface area contributed by atoms with Gasteiger partial charge in [0.15, 0.2) is 0 Å². The molecule has 0 bridgehead atoms. The van der Waals surface area contributed by atoms with Crippen molar-refractivity contribution < 1.29 is 13.9 Å². The fourth-order valence-electron chi connectivity index (χ4n) is 1.79. The minimum atomic E-state index is -0.566. The molecule has 2 rings (SSSR count). The Morgan fingerprint density at radius 3 is 3.18 bits per heavy atom. The lowest BCUT2D eigenvalue weighted by Crippen LogP contribution is -2.44. The van der Waals surface area contributed by atoms with Crippen LogP contribution in [-0.4, -0.2) is 41.6 Å². The average molecular weight is 239 g/mol. The molecule has 1 aromatic heterocycles. The monoisotopic (exact) mass is 239 g/mol. The number of nitrogen functional groups attached to an aromatic ring is 1. The lowest BCUT2D eigenvalue weighted by atomic mass is 10.2. The van der Waals surface area contributed by atoms with E-state index in [2.05, 4.69) is 4.98 Å². The second-order valence-electron chi connectivity index (χ2n) is 4.02. The van der Waals surface area contributed by atoms with Gasteiger partial charge in [-0.25, -0.2) is 9.37 Å². The van der Waals surface area contributed by atoms with Crippen molar-refractivity contribution in [3.63, 3.8) is 0 Å². The number of hydrogen-bond donors (Lipinski definition) is 1. The first-order valence-electron chi connectivity index (χ1n) is 5.40. The van der Waals surface area contributed by atoms with E-state index in [4.69, 9.17) is 10.5 Å². The highest BCUT2D eigenvalue weighted by molar-refractivity contribution is 5.98. The summed E-state index contributed by atoms with van der Waals surface area (Å²) in [5.74, 6) is -0.816. The SMILES string of the molecule is CC1CN(C(=O)c2cc(F)cnc2N)CCO1. The Bertz CT molecular complexity index is 439. The Labute approximate surface area is 98.4 Å². The Morgan fingerprint density at radius 2 is 2.47 bits per heavy atom.